The molecule has 1 aromatic carbocycles. The summed E-state index contributed by atoms with van der Waals surface area (Å²) in [5.41, 5.74) is 2.86. The zero-order valence-corrected chi connectivity index (χ0v) is 16.2. The lowest BCUT2D eigenvalue weighted by molar-refractivity contribution is -0.149. The maximum atomic E-state index is 12.6. The summed E-state index contributed by atoms with van der Waals surface area (Å²) in [6.45, 7) is 5.06. The lowest BCUT2D eigenvalue weighted by atomic mass is 10.2. The zero-order valence-electron chi connectivity index (χ0n) is 15.3. The third-order valence-corrected chi connectivity index (χ3v) is 4.87. The molecule has 7 heteroatoms. The summed E-state index contributed by atoms with van der Waals surface area (Å²) >= 11 is 0.826. The van der Waals surface area contributed by atoms with E-state index >= 15 is 0 Å². The number of imide groups is 1. The van der Waals surface area contributed by atoms with Gasteiger partial charge in [0.25, 0.3) is 11.1 Å². The first-order valence-electron chi connectivity index (χ1n) is 8.55. The highest BCUT2D eigenvalue weighted by molar-refractivity contribution is 8.18. The molecule has 1 saturated heterocycles. The van der Waals surface area contributed by atoms with Gasteiger partial charge >= 0.3 is 5.97 Å². The Morgan fingerprint density at radius 1 is 1.19 bits per heavy atom. The van der Waals surface area contributed by atoms with Crippen LogP contribution < -0.4 is 0 Å². The Hall–Kier alpha value is -2.80. The third-order valence-electron chi connectivity index (χ3n) is 3.96. The fraction of sp³-hybridized carbons (Fsp3) is 0.250. The van der Waals surface area contributed by atoms with E-state index in [4.69, 9.17) is 4.74 Å². The van der Waals surface area contributed by atoms with Crippen molar-refractivity contribution in [3.05, 3.63) is 58.8 Å². The number of benzene rings is 1. The zero-order chi connectivity index (χ0) is 19.6. The first-order valence-corrected chi connectivity index (χ1v) is 9.36. The molecule has 2 aromatic rings. The molecule has 0 aliphatic carbocycles. The summed E-state index contributed by atoms with van der Waals surface area (Å²) in [6.07, 6.45) is 3.27. The van der Waals surface area contributed by atoms with Gasteiger partial charge in [0.1, 0.15) is 6.54 Å². The van der Waals surface area contributed by atoms with Gasteiger partial charge in [-0.1, -0.05) is 18.2 Å². The van der Waals surface area contributed by atoms with Gasteiger partial charge in [-0.05, 0) is 62.4 Å². The first-order chi connectivity index (χ1) is 12.9. The Labute approximate surface area is 161 Å². The van der Waals surface area contributed by atoms with Crippen molar-refractivity contribution in [3.63, 3.8) is 0 Å². The van der Waals surface area contributed by atoms with E-state index in [0.29, 0.717) is 0 Å². The van der Waals surface area contributed by atoms with Crippen LogP contribution in [0.2, 0.25) is 0 Å². The number of carbonyl (C=O) groups excluding carboxylic acids is 3. The topological polar surface area (TPSA) is 68.6 Å². The lowest BCUT2D eigenvalue weighted by Crippen LogP contribution is -2.35. The highest BCUT2D eigenvalue weighted by atomic mass is 32.2. The molecule has 0 N–H and O–H groups in total. The minimum absolute atomic E-state index is 0.283. The molecule has 0 unspecified atom stereocenters. The molecule has 2 amide bonds. The van der Waals surface area contributed by atoms with E-state index in [9.17, 15) is 14.4 Å². The Balaban J connectivity index is 1.84. The summed E-state index contributed by atoms with van der Waals surface area (Å²) in [6, 6.07) is 11.6. The second-order valence-electron chi connectivity index (χ2n) is 6.40. The molecule has 0 saturated carbocycles. The highest BCUT2D eigenvalue weighted by Gasteiger charge is 2.37. The molecule has 0 atom stereocenters. The standard InChI is InChI=1S/C20H20N2O4S/c1-13(2)26-18(23)12-22-19(24)17(27-20(22)25)11-15-8-6-10-21(15)16-9-5-4-7-14(16)3/h4-11,13H,12H2,1-3H3. The van der Waals surface area contributed by atoms with E-state index in [1.165, 1.54) is 0 Å². The number of esters is 1. The molecule has 1 aliphatic rings. The molecule has 6 nitrogen and oxygen atoms in total. The minimum Gasteiger partial charge on any atom is -0.462 e. The molecule has 140 valence electrons. The van der Waals surface area contributed by atoms with Crippen LogP contribution in [0.3, 0.4) is 0 Å². The maximum absolute atomic E-state index is 12.6. The number of para-hydroxylation sites is 1. The van der Waals surface area contributed by atoms with Crippen LogP contribution >= 0.6 is 11.8 Å². The largest absolute Gasteiger partial charge is 0.462 e. The number of rotatable bonds is 5. The monoisotopic (exact) mass is 384 g/mol. The van der Waals surface area contributed by atoms with Crippen molar-refractivity contribution in [2.24, 2.45) is 0 Å². The predicted molar refractivity (Wildman–Crippen MR) is 104 cm³/mol. The fourth-order valence-corrected chi connectivity index (χ4v) is 3.59. The maximum Gasteiger partial charge on any atom is 0.326 e. The van der Waals surface area contributed by atoms with Crippen LogP contribution in [-0.4, -0.2) is 39.2 Å². The van der Waals surface area contributed by atoms with Crippen LogP contribution in [0.15, 0.2) is 47.5 Å². The molecule has 0 radical (unpaired) electrons. The van der Waals surface area contributed by atoms with E-state index in [-0.39, 0.29) is 17.6 Å². The number of thioether (sulfide) groups is 1. The Kier molecular flexibility index (Phi) is 5.51. The SMILES string of the molecule is Cc1ccccc1-n1cccc1C=C1SC(=O)N(CC(=O)OC(C)C)C1=O. The Morgan fingerprint density at radius 2 is 1.93 bits per heavy atom. The first kappa shape index (κ1) is 19.0. The van der Waals surface area contributed by atoms with Crippen LogP contribution in [-0.2, 0) is 14.3 Å². The minimum atomic E-state index is -0.600. The van der Waals surface area contributed by atoms with Gasteiger partial charge in [0.15, 0.2) is 0 Å². The van der Waals surface area contributed by atoms with Crippen molar-refractivity contribution in [1.82, 2.24) is 9.47 Å². The third kappa shape index (κ3) is 4.14. The number of hydrogen-bond acceptors (Lipinski definition) is 5. The van der Waals surface area contributed by atoms with E-state index in [1.807, 2.05) is 54.1 Å². The second-order valence-corrected chi connectivity index (χ2v) is 7.39. The van der Waals surface area contributed by atoms with Gasteiger partial charge in [-0.2, -0.15) is 0 Å². The molecule has 0 bridgehead atoms. The summed E-state index contributed by atoms with van der Waals surface area (Å²) in [5.74, 6) is -1.08. The van der Waals surface area contributed by atoms with Gasteiger partial charge in [0, 0.05) is 17.6 Å². The number of ether oxygens (including phenoxy) is 1. The van der Waals surface area contributed by atoms with Crippen LogP contribution in [0.25, 0.3) is 11.8 Å². The van der Waals surface area contributed by atoms with E-state index in [2.05, 4.69) is 0 Å². The smallest absolute Gasteiger partial charge is 0.326 e. The molecular weight excluding hydrogens is 364 g/mol. The number of nitrogens with zero attached hydrogens (tertiary/aromatic N) is 2. The van der Waals surface area contributed by atoms with Crippen LogP contribution in [0.1, 0.15) is 25.1 Å². The average molecular weight is 384 g/mol. The van der Waals surface area contributed by atoms with E-state index in [1.54, 1.807) is 19.9 Å². The molecule has 3 rings (SSSR count). The molecule has 1 fully saturated rings. The van der Waals surface area contributed by atoms with E-state index in [0.717, 1.165) is 33.6 Å². The number of hydrogen-bond donors (Lipinski definition) is 0. The lowest BCUT2D eigenvalue weighted by Gasteiger charge is -2.13. The normalized spacial score (nSPS) is 15.9. The molecule has 27 heavy (non-hydrogen) atoms. The quantitative estimate of drug-likeness (QED) is 0.580. The van der Waals surface area contributed by atoms with Crippen molar-refractivity contribution in [2.45, 2.75) is 26.9 Å². The molecule has 1 aromatic heterocycles. The van der Waals surface area contributed by atoms with Crippen LogP contribution in [0.5, 0.6) is 0 Å². The summed E-state index contributed by atoms with van der Waals surface area (Å²) in [5, 5.41) is -0.471. The van der Waals surface area contributed by atoms with Gasteiger partial charge in [-0.3, -0.25) is 19.3 Å². The fourth-order valence-electron chi connectivity index (χ4n) is 2.76. The van der Waals surface area contributed by atoms with Crippen molar-refractivity contribution in [3.8, 4) is 5.69 Å². The van der Waals surface area contributed by atoms with Crippen LogP contribution in [0, 0.1) is 6.92 Å². The van der Waals surface area contributed by atoms with Gasteiger partial charge in [0.2, 0.25) is 0 Å². The van der Waals surface area contributed by atoms with Crippen molar-refractivity contribution in [2.75, 3.05) is 6.54 Å². The summed E-state index contributed by atoms with van der Waals surface area (Å²) in [4.78, 5) is 37.7. The second kappa shape index (κ2) is 7.84. The van der Waals surface area contributed by atoms with Gasteiger partial charge < -0.3 is 9.30 Å². The van der Waals surface area contributed by atoms with Crippen LogP contribution in [0.4, 0.5) is 4.79 Å². The molecular formula is C20H20N2O4S. The van der Waals surface area contributed by atoms with Gasteiger partial charge in [-0.15, -0.1) is 0 Å². The van der Waals surface area contributed by atoms with Crippen molar-refractivity contribution in [1.29, 1.82) is 0 Å². The highest BCUT2D eigenvalue weighted by Crippen LogP contribution is 2.32. The Morgan fingerprint density at radius 3 is 2.63 bits per heavy atom. The van der Waals surface area contributed by atoms with Crippen molar-refractivity contribution >= 4 is 35.0 Å². The number of aromatic nitrogens is 1. The van der Waals surface area contributed by atoms with Gasteiger partial charge in [0.05, 0.1) is 11.0 Å². The van der Waals surface area contributed by atoms with Crippen molar-refractivity contribution < 1.29 is 19.1 Å². The Bertz CT molecular complexity index is 930. The average Bonchev–Trinajstić information content (AvgIpc) is 3.15. The summed E-state index contributed by atoms with van der Waals surface area (Å²) < 4.78 is 6.98. The van der Waals surface area contributed by atoms with Gasteiger partial charge in [-0.25, -0.2) is 0 Å². The number of amides is 2. The number of carbonyl (C=O) groups is 3. The number of aryl methyl sites for hydroxylation is 1. The molecule has 2 heterocycles. The molecule has 1 aliphatic heterocycles. The molecule has 0 spiro atoms. The van der Waals surface area contributed by atoms with E-state index < -0.39 is 17.1 Å². The predicted octanol–water partition coefficient (Wildman–Crippen LogP) is 3.77. The summed E-state index contributed by atoms with van der Waals surface area (Å²) in [7, 11) is 0.